The van der Waals surface area contributed by atoms with Gasteiger partial charge in [-0.05, 0) is 19.1 Å². The zero-order valence-corrected chi connectivity index (χ0v) is 14.4. The molecule has 0 bridgehead atoms. The number of ether oxygens (including phenoxy) is 1. The molecule has 2 rings (SSSR count). The minimum Gasteiger partial charge on any atom is -0.466 e. The minimum absolute atomic E-state index is 0.0131. The lowest BCUT2D eigenvalue weighted by atomic mass is 10.2. The summed E-state index contributed by atoms with van der Waals surface area (Å²) in [6.07, 6.45) is 1.22. The van der Waals surface area contributed by atoms with Gasteiger partial charge in [-0.25, -0.2) is 13.8 Å². The van der Waals surface area contributed by atoms with Gasteiger partial charge in [0.05, 0.1) is 24.9 Å². The lowest BCUT2D eigenvalue weighted by Gasteiger charge is -2.01. The molecule has 0 aliphatic carbocycles. The highest BCUT2D eigenvalue weighted by Gasteiger charge is 2.10. The van der Waals surface area contributed by atoms with Crippen molar-refractivity contribution < 1.29 is 18.3 Å². The molecule has 0 aliphatic rings. The van der Waals surface area contributed by atoms with Crippen LogP contribution in [0, 0.1) is 11.6 Å². The number of rotatable bonds is 6. The van der Waals surface area contributed by atoms with Crippen LogP contribution in [0.15, 0.2) is 27.1 Å². The number of thiazole rings is 1. The van der Waals surface area contributed by atoms with E-state index in [0.29, 0.717) is 21.9 Å². The van der Waals surface area contributed by atoms with Crippen molar-refractivity contribution in [3.8, 4) is 0 Å². The van der Waals surface area contributed by atoms with Gasteiger partial charge in [0, 0.05) is 15.4 Å². The predicted molar refractivity (Wildman–Crippen MR) is 87.7 cm³/mol. The van der Waals surface area contributed by atoms with Crippen molar-refractivity contribution in [3.05, 3.63) is 44.9 Å². The molecule has 1 aromatic heterocycles. The van der Waals surface area contributed by atoms with Gasteiger partial charge in [-0.1, -0.05) is 15.9 Å². The molecule has 122 valence electrons. The third kappa shape index (κ3) is 4.80. The van der Waals surface area contributed by atoms with Crippen LogP contribution < -0.4 is 5.43 Å². The van der Waals surface area contributed by atoms with Gasteiger partial charge in [0.2, 0.25) is 5.13 Å². The highest BCUT2D eigenvalue weighted by molar-refractivity contribution is 9.10. The topological polar surface area (TPSA) is 63.6 Å². The Labute approximate surface area is 143 Å². The van der Waals surface area contributed by atoms with Gasteiger partial charge in [0.15, 0.2) is 11.6 Å². The van der Waals surface area contributed by atoms with Crippen molar-refractivity contribution in [2.45, 2.75) is 13.3 Å². The molecule has 0 atom stereocenters. The number of hydrogen-bond donors (Lipinski definition) is 1. The van der Waals surface area contributed by atoms with Crippen LogP contribution >= 0.6 is 27.3 Å². The number of anilines is 1. The van der Waals surface area contributed by atoms with Gasteiger partial charge in [-0.3, -0.25) is 10.2 Å². The van der Waals surface area contributed by atoms with Gasteiger partial charge >= 0.3 is 5.97 Å². The van der Waals surface area contributed by atoms with E-state index in [2.05, 4.69) is 31.4 Å². The summed E-state index contributed by atoms with van der Waals surface area (Å²) in [6.45, 7) is 2.04. The first-order valence-corrected chi connectivity index (χ1v) is 8.21. The number of carbonyl (C=O) groups is 1. The fraction of sp³-hybridized carbons (Fsp3) is 0.214. The number of halogens is 3. The molecule has 1 aromatic carbocycles. The molecule has 9 heteroatoms. The normalized spacial score (nSPS) is 11.0. The van der Waals surface area contributed by atoms with Crippen LogP contribution in [0.4, 0.5) is 13.9 Å². The van der Waals surface area contributed by atoms with Crippen molar-refractivity contribution in [1.29, 1.82) is 0 Å². The zero-order valence-electron chi connectivity index (χ0n) is 12.0. The molecule has 0 saturated carbocycles. The third-order valence-electron chi connectivity index (χ3n) is 2.62. The van der Waals surface area contributed by atoms with E-state index in [1.54, 1.807) is 12.3 Å². The number of hydrogen-bond acceptors (Lipinski definition) is 6. The van der Waals surface area contributed by atoms with Gasteiger partial charge in [0.1, 0.15) is 0 Å². The summed E-state index contributed by atoms with van der Waals surface area (Å²) in [5.74, 6) is -2.31. The molecule has 23 heavy (non-hydrogen) atoms. The Morgan fingerprint density at radius 2 is 2.30 bits per heavy atom. The molecule has 0 fully saturated rings. The number of nitrogens with zero attached hydrogens (tertiary/aromatic N) is 2. The maximum atomic E-state index is 13.6. The number of nitrogens with one attached hydrogen (secondary N) is 1. The lowest BCUT2D eigenvalue weighted by molar-refractivity contribution is -0.142. The van der Waals surface area contributed by atoms with E-state index in [0.717, 1.165) is 12.3 Å². The number of aromatic nitrogens is 1. The summed E-state index contributed by atoms with van der Waals surface area (Å²) in [7, 11) is 0. The molecule has 0 saturated heterocycles. The van der Waals surface area contributed by atoms with E-state index in [9.17, 15) is 13.6 Å². The van der Waals surface area contributed by atoms with E-state index < -0.39 is 11.6 Å². The lowest BCUT2D eigenvalue weighted by Crippen LogP contribution is -2.07. The highest BCUT2D eigenvalue weighted by atomic mass is 79.9. The van der Waals surface area contributed by atoms with Crippen LogP contribution in [0.1, 0.15) is 18.2 Å². The van der Waals surface area contributed by atoms with Crippen LogP contribution in [-0.4, -0.2) is 23.8 Å². The number of esters is 1. The molecular formula is C14H12BrF2N3O2S. The Morgan fingerprint density at radius 3 is 3.04 bits per heavy atom. The second-order valence-electron chi connectivity index (χ2n) is 4.25. The van der Waals surface area contributed by atoms with Gasteiger partial charge in [-0.2, -0.15) is 5.10 Å². The van der Waals surface area contributed by atoms with Gasteiger partial charge in [0.25, 0.3) is 0 Å². The van der Waals surface area contributed by atoms with E-state index in [1.807, 2.05) is 0 Å². The smallest absolute Gasteiger partial charge is 0.311 e. The monoisotopic (exact) mass is 403 g/mol. The Hall–Kier alpha value is -1.87. The van der Waals surface area contributed by atoms with Crippen LogP contribution in [0.5, 0.6) is 0 Å². The van der Waals surface area contributed by atoms with Crippen molar-refractivity contribution >= 4 is 44.6 Å². The first-order chi connectivity index (χ1) is 11.0. The summed E-state index contributed by atoms with van der Waals surface area (Å²) >= 11 is 4.36. The summed E-state index contributed by atoms with van der Waals surface area (Å²) < 4.78 is 32.0. The average molecular weight is 404 g/mol. The van der Waals surface area contributed by atoms with E-state index >= 15 is 0 Å². The standard InChI is InChI=1S/C14H12BrF2N3O2S/c1-2-22-12(21)5-8-7-23-14(19-8)20-18-6-9-10(15)3-4-11(16)13(9)17/h3-4,6-7H,2,5H2,1H3,(H,19,20). The second-order valence-corrected chi connectivity index (χ2v) is 5.97. The second kappa shape index (κ2) is 8.11. The fourth-order valence-electron chi connectivity index (χ4n) is 1.61. The largest absolute Gasteiger partial charge is 0.466 e. The van der Waals surface area contributed by atoms with Crippen LogP contribution in [-0.2, 0) is 16.0 Å². The maximum absolute atomic E-state index is 13.6. The summed E-state index contributed by atoms with van der Waals surface area (Å²) in [6, 6.07) is 2.41. The van der Waals surface area contributed by atoms with Crippen molar-refractivity contribution in [2.24, 2.45) is 5.10 Å². The Bertz CT molecular complexity index is 737. The molecule has 0 radical (unpaired) electrons. The highest BCUT2D eigenvalue weighted by Crippen LogP contribution is 2.21. The molecule has 1 heterocycles. The Morgan fingerprint density at radius 1 is 1.52 bits per heavy atom. The van der Waals surface area contributed by atoms with Crippen molar-refractivity contribution in [3.63, 3.8) is 0 Å². The van der Waals surface area contributed by atoms with Crippen LogP contribution in [0.2, 0.25) is 0 Å². The van der Waals surface area contributed by atoms with Gasteiger partial charge in [-0.15, -0.1) is 11.3 Å². The van der Waals surface area contributed by atoms with E-state index in [1.165, 1.54) is 17.4 Å². The number of benzene rings is 1. The summed E-state index contributed by atoms with van der Waals surface area (Å²) in [4.78, 5) is 15.5. The molecule has 2 aromatic rings. The average Bonchev–Trinajstić information content (AvgIpc) is 2.94. The van der Waals surface area contributed by atoms with Gasteiger partial charge < -0.3 is 4.74 Å². The maximum Gasteiger partial charge on any atom is 0.311 e. The van der Waals surface area contributed by atoms with E-state index in [4.69, 9.17) is 4.74 Å². The first-order valence-electron chi connectivity index (χ1n) is 6.53. The first kappa shape index (κ1) is 17.5. The Kier molecular flexibility index (Phi) is 6.17. The SMILES string of the molecule is CCOC(=O)Cc1csc(NN=Cc2c(Br)ccc(F)c2F)n1. The summed E-state index contributed by atoms with van der Waals surface area (Å²) in [5.41, 5.74) is 3.14. The fourth-order valence-corrected chi connectivity index (χ4v) is 2.68. The number of hydrazone groups is 1. The Balaban J connectivity index is 2.00. The van der Waals surface area contributed by atoms with E-state index in [-0.39, 0.29) is 18.0 Å². The zero-order chi connectivity index (χ0) is 16.8. The quantitative estimate of drug-likeness (QED) is 0.345. The molecule has 0 amide bonds. The predicted octanol–water partition coefficient (Wildman–Crippen LogP) is 3.74. The summed E-state index contributed by atoms with van der Waals surface area (Å²) in [5, 5.41) is 5.94. The third-order valence-corrected chi connectivity index (χ3v) is 4.10. The number of carbonyl (C=O) groups excluding carboxylic acids is 1. The molecule has 0 aliphatic heterocycles. The molecule has 1 N–H and O–H groups in total. The van der Waals surface area contributed by atoms with Crippen LogP contribution in [0.3, 0.4) is 0 Å². The molecule has 5 nitrogen and oxygen atoms in total. The van der Waals surface area contributed by atoms with Crippen molar-refractivity contribution in [2.75, 3.05) is 12.0 Å². The van der Waals surface area contributed by atoms with Crippen molar-refractivity contribution in [1.82, 2.24) is 4.98 Å². The molecule has 0 unspecified atom stereocenters. The molecule has 0 spiro atoms. The van der Waals surface area contributed by atoms with Crippen LogP contribution in [0.25, 0.3) is 0 Å². The molecular weight excluding hydrogens is 392 g/mol. The minimum atomic E-state index is -0.993.